The highest BCUT2D eigenvalue weighted by Gasteiger charge is 2.37. The molecule has 0 bridgehead atoms. The first-order chi connectivity index (χ1) is 13.8. The fourth-order valence-corrected chi connectivity index (χ4v) is 4.76. The van der Waals surface area contributed by atoms with E-state index in [0.29, 0.717) is 13.1 Å². The highest BCUT2D eigenvalue weighted by Crippen LogP contribution is 2.30. The normalized spacial score (nSPS) is 17.3. The summed E-state index contributed by atoms with van der Waals surface area (Å²) >= 11 is 0. The molecule has 0 unspecified atom stereocenters. The molecule has 4 rings (SSSR count). The van der Waals surface area contributed by atoms with Gasteiger partial charge in [0.05, 0.1) is 4.90 Å². The van der Waals surface area contributed by atoms with Crippen molar-refractivity contribution in [2.24, 2.45) is 0 Å². The van der Waals surface area contributed by atoms with Crippen LogP contribution in [-0.4, -0.2) is 76.5 Å². The zero-order chi connectivity index (χ0) is 20.6. The zero-order valence-corrected chi connectivity index (χ0v) is 15.8. The van der Waals surface area contributed by atoms with Gasteiger partial charge in [0.15, 0.2) is 0 Å². The predicted molar refractivity (Wildman–Crippen MR) is 93.3 cm³/mol. The fourth-order valence-electron chi connectivity index (χ4n) is 3.33. The van der Waals surface area contributed by atoms with Crippen molar-refractivity contribution >= 4 is 15.9 Å². The number of benzene rings is 1. The number of halogens is 2. The second-order valence-corrected chi connectivity index (χ2v) is 8.53. The Kier molecular flexibility index (Phi) is 5.00. The van der Waals surface area contributed by atoms with Crippen LogP contribution in [0.1, 0.15) is 0 Å². The van der Waals surface area contributed by atoms with E-state index in [0.717, 1.165) is 11.1 Å². The molecule has 2 aliphatic heterocycles. The Morgan fingerprint density at radius 1 is 1.10 bits per heavy atom. The minimum absolute atomic E-state index is 0.00750. The number of nitrogens with zero attached hydrogens (tertiary/aromatic N) is 6. The number of tetrazole rings is 1. The van der Waals surface area contributed by atoms with E-state index in [1.165, 1.54) is 39.6 Å². The first kappa shape index (κ1) is 19.4. The van der Waals surface area contributed by atoms with Gasteiger partial charge < -0.3 is 9.64 Å². The molecule has 0 fully saturated rings. The number of amides is 1. The molecule has 0 aliphatic carbocycles. The van der Waals surface area contributed by atoms with Gasteiger partial charge in [-0.2, -0.15) is 13.1 Å². The third kappa shape index (κ3) is 3.96. The van der Waals surface area contributed by atoms with E-state index in [-0.39, 0.29) is 36.2 Å². The molecule has 3 heterocycles. The van der Waals surface area contributed by atoms with Crippen molar-refractivity contribution in [3.8, 4) is 5.75 Å². The van der Waals surface area contributed by atoms with Gasteiger partial charge in [0.2, 0.25) is 15.9 Å². The van der Waals surface area contributed by atoms with Crippen LogP contribution in [0.3, 0.4) is 0 Å². The average molecular weight is 426 g/mol. The first-order valence-electron chi connectivity index (χ1n) is 8.56. The van der Waals surface area contributed by atoms with Crippen molar-refractivity contribution in [2.75, 3.05) is 26.2 Å². The number of hydrogen-bond acceptors (Lipinski definition) is 7. The van der Waals surface area contributed by atoms with E-state index in [9.17, 15) is 22.0 Å². The summed E-state index contributed by atoms with van der Waals surface area (Å²) < 4.78 is 57.0. The van der Waals surface area contributed by atoms with Gasteiger partial charge in [-0.1, -0.05) is 0 Å². The van der Waals surface area contributed by atoms with Crippen LogP contribution in [0.4, 0.5) is 8.78 Å². The van der Waals surface area contributed by atoms with Crippen LogP contribution in [0.15, 0.2) is 46.6 Å². The summed E-state index contributed by atoms with van der Waals surface area (Å²) in [6, 6.07) is 4.85. The highest BCUT2D eigenvalue weighted by molar-refractivity contribution is 7.89. The summed E-state index contributed by atoms with van der Waals surface area (Å²) in [7, 11) is -3.79. The molecule has 0 saturated carbocycles. The second kappa shape index (κ2) is 7.48. The van der Waals surface area contributed by atoms with Crippen molar-refractivity contribution in [3.63, 3.8) is 0 Å². The number of sulfonamides is 1. The molecular weight excluding hydrogens is 410 g/mol. The van der Waals surface area contributed by atoms with Crippen LogP contribution >= 0.6 is 0 Å². The topological polar surface area (TPSA) is 111 Å². The van der Waals surface area contributed by atoms with E-state index in [2.05, 4.69) is 20.3 Å². The van der Waals surface area contributed by atoms with Gasteiger partial charge in [0.25, 0.3) is 0 Å². The average Bonchev–Trinajstić information content (AvgIpc) is 3.37. The molecular formula is C16H16F2N6O4S. The van der Waals surface area contributed by atoms with Crippen LogP contribution < -0.4 is 4.74 Å². The second-order valence-electron chi connectivity index (χ2n) is 6.59. The molecule has 2 aliphatic rings. The quantitative estimate of drug-likeness (QED) is 0.603. The summed E-state index contributed by atoms with van der Waals surface area (Å²) in [5.41, 5.74) is 1.77. The lowest BCUT2D eigenvalue weighted by Gasteiger charge is -2.22. The van der Waals surface area contributed by atoms with Crippen molar-refractivity contribution in [2.45, 2.75) is 18.1 Å². The van der Waals surface area contributed by atoms with Gasteiger partial charge in [-0.25, -0.2) is 13.1 Å². The van der Waals surface area contributed by atoms with Gasteiger partial charge >= 0.3 is 6.61 Å². The third-order valence-electron chi connectivity index (χ3n) is 4.73. The first-order valence-corrected chi connectivity index (χ1v) is 10.0. The number of hydrogen-bond donors (Lipinski definition) is 0. The van der Waals surface area contributed by atoms with E-state index in [4.69, 9.17) is 0 Å². The third-order valence-corrected chi connectivity index (χ3v) is 6.53. The molecule has 29 heavy (non-hydrogen) atoms. The molecule has 0 saturated heterocycles. The maximum atomic E-state index is 12.8. The number of carbonyl (C=O) groups excluding carboxylic acids is 1. The van der Waals surface area contributed by atoms with Gasteiger partial charge in [-0.15, -0.1) is 5.10 Å². The maximum absolute atomic E-state index is 12.8. The molecule has 0 N–H and O–H groups in total. The number of ether oxygens (including phenoxy) is 1. The van der Waals surface area contributed by atoms with Crippen LogP contribution in [0.25, 0.3) is 0 Å². The lowest BCUT2D eigenvalue weighted by molar-refractivity contribution is -0.130. The van der Waals surface area contributed by atoms with Gasteiger partial charge in [-0.05, 0) is 45.8 Å². The summed E-state index contributed by atoms with van der Waals surface area (Å²) in [6.45, 7) is -1.90. The Balaban J connectivity index is 1.38. The molecule has 2 aromatic rings. The van der Waals surface area contributed by atoms with Crippen molar-refractivity contribution in [3.05, 3.63) is 41.7 Å². The Morgan fingerprint density at radius 3 is 2.31 bits per heavy atom. The standard InChI is InChI=1S/C16H16F2N6O4S/c17-16(18)28-13-1-3-14(4-2-13)29(26,27)24-7-11-5-22(6-12(11)8-24)15(25)9-23-10-19-20-21-23/h1-4,10,16H,5-9H2. The molecule has 0 radical (unpaired) electrons. The van der Waals surface area contributed by atoms with Crippen LogP contribution in [-0.2, 0) is 21.4 Å². The Bertz CT molecular complexity index is 1020. The molecule has 1 aromatic carbocycles. The number of rotatable bonds is 6. The number of aromatic nitrogens is 4. The van der Waals surface area contributed by atoms with E-state index < -0.39 is 16.6 Å². The lowest BCUT2D eigenvalue weighted by Crippen LogP contribution is -2.37. The summed E-state index contributed by atoms with van der Waals surface area (Å²) in [4.78, 5) is 14.0. The lowest BCUT2D eigenvalue weighted by atomic mass is 10.2. The van der Waals surface area contributed by atoms with Crippen LogP contribution in [0, 0.1) is 0 Å². The molecule has 10 nitrogen and oxygen atoms in total. The monoisotopic (exact) mass is 426 g/mol. The SMILES string of the molecule is O=C(Cn1cnnn1)N1CC2=C(C1)CN(S(=O)(=O)c1ccc(OC(F)F)cc1)C2. The van der Waals surface area contributed by atoms with Crippen molar-refractivity contribution in [1.82, 2.24) is 29.4 Å². The largest absolute Gasteiger partial charge is 0.435 e. The zero-order valence-electron chi connectivity index (χ0n) is 15.0. The number of alkyl halides is 2. The van der Waals surface area contributed by atoms with Gasteiger partial charge in [-0.3, -0.25) is 4.79 Å². The van der Waals surface area contributed by atoms with E-state index in [1.807, 2.05) is 0 Å². The van der Waals surface area contributed by atoms with Gasteiger partial charge in [0, 0.05) is 26.2 Å². The van der Waals surface area contributed by atoms with Crippen molar-refractivity contribution < 1.29 is 26.7 Å². The molecule has 154 valence electrons. The smallest absolute Gasteiger partial charge is 0.387 e. The Morgan fingerprint density at radius 2 is 1.76 bits per heavy atom. The van der Waals surface area contributed by atoms with Crippen LogP contribution in [0.5, 0.6) is 5.75 Å². The molecule has 1 aromatic heterocycles. The van der Waals surface area contributed by atoms with Gasteiger partial charge in [0.1, 0.15) is 18.6 Å². The van der Waals surface area contributed by atoms with E-state index >= 15 is 0 Å². The highest BCUT2D eigenvalue weighted by atomic mass is 32.2. The minimum atomic E-state index is -3.79. The van der Waals surface area contributed by atoms with Crippen LogP contribution in [0.2, 0.25) is 0 Å². The number of carbonyl (C=O) groups is 1. The molecule has 13 heteroatoms. The molecule has 1 amide bonds. The molecule has 0 atom stereocenters. The summed E-state index contributed by atoms with van der Waals surface area (Å²) in [5, 5.41) is 10.6. The van der Waals surface area contributed by atoms with E-state index in [1.54, 1.807) is 4.90 Å². The van der Waals surface area contributed by atoms with Crippen molar-refractivity contribution in [1.29, 1.82) is 0 Å². The predicted octanol–water partition coefficient (Wildman–Crippen LogP) is 0.118. The summed E-state index contributed by atoms with van der Waals surface area (Å²) in [6.07, 6.45) is 1.35. The summed E-state index contributed by atoms with van der Waals surface area (Å²) in [5.74, 6) is -0.270. The Labute approximate surface area is 164 Å². The fraction of sp³-hybridized carbons (Fsp3) is 0.375. The molecule has 0 spiro atoms. The Hall–Kier alpha value is -2.93. The minimum Gasteiger partial charge on any atom is -0.435 e. The maximum Gasteiger partial charge on any atom is 0.387 e.